The average Bonchev–Trinajstić information content (AvgIpc) is 2.47. The normalized spacial score (nSPS) is 10.7. The number of nitrogens with one attached hydrogen (secondary N) is 2. The van der Waals surface area contributed by atoms with E-state index in [0.29, 0.717) is 25.1 Å². The standard InChI is InChI=1S/C17H22N2O3/c1-4-22-17(21)14-10-19-15-12(3)8-11(2)9-13(15)16(14)18-6-5-7-20/h8-10,20H,4-7H2,1-3H3,(H,18,19)/p+1. The molecule has 0 radical (unpaired) electrons. The van der Waals surface area contributed by atoms with E-state index in [0.717, 1.165) is 27.7 Å². The molecule has 1 aromatic heterocycles. The number of carbonyl (C=O) groups excluding carboxylic acids is 1. The summed E-state index contributed by atoms with van der Waals surface area (Å²) in [6, 6.07) is 4.14. The predicted octanol–water partition coefficient (Wildman–Crippen LogP) is 2.24. The second-order valence-electron chi connectivity index (χ2n) is 5.31. The van der Waals surface area contributed by atoms with Crippen LogP contribution in [0.25, 0.3) is 10.9 Å². The van der Waals surface area contributed by atoms with Gasteiger partial charge in [0.15, 0.2) is 6.20 Å². The minimum absolute atomic E-state index is 0.108. The van der Waals surface area contributed by atoms with Crippen LogP contribution in [0.15, 0.2) is 18.3 Å². The number of H-pyrrole nitrogens is 1. The molecule has 0 saturated heterocycles. The van der Waals surface area contributed by atoms with Gasteiger partial charge in [-0.3, -0.25) is 0 Å². The first kappa shape index (κ1) is 16.2. The zero-order valence-electron chi connectivity index (χ0n) is 13.3. The van der Waals surface area contributed by atoms with Crippen LogP contribution in [0.3, 0.4) is 0 Å². The Labute approximate surface area is 130 Å². The molecule has 2 rings (SSSR count). The van der Waals surface area contributed by atoms with Crippen LogP contribution in [0.5, 0.6) is 0 Å². The van der Waals surface area contributed by atoms with Crippen LogP contribution in [0.1, 0.15) is 34.8 Å². The van der Waals surface area contributed by atoms with Crippen molar-refractivity contribution in [3.63, 3.8) is 0 Å². The highest BCUT2D eigenvalue weighted by Crippen LogP contribution is 2.28. The van der Waals surface area contributed by atoms with Gasteiger partial charge in [-0.05, 0) is 44.9 Å². The number of rotatable bonds is 6. The number of aromatic amines is 1. The fourth-order valence-electron chi connectivity index (χ4n) is 2.57. The number of carbonyl (C=O) groups is 1. The van der Waals surface area contributed by atoms with Gasteiger partial charge in [0.05, 0.1) is 17.7 Å². The van der Waals surface area contributed by atoms with E-state index in [1.54, 1.807) is 13.1 Å². The summed E-state index contributed by atoms with van der Waals surface area (Å²) < 4.78 is 5.14. The highest BCUT2D eigenvalue weighted by atomic mass is 16.5. The number of hydrogen-bond acceptors (Lipinski definition) is 4. The van der Waals surface area contributed by atoms with Crippen molar-refractivity contribution >= 4 is 22.6 Å². The molecule has 0 aliphatic rings. The first-order chi connectivity index (χ1) is 10.6. The lowest BCUT2D eigenvalue weighted by atomic mass is 10.0. The van der Waals surface area contributed by atoms with Crippen molar-refractivity contribution in [1.29, 1.82) is 0 Å². The number of esters is 1. The fourth-order valence-corrected chi connectivity index (χ4v) is 2.57. The molecule has 0 fully saturated rings. The zero-order chi connectivity index (χ0) is 16.1. The monoisotopic (exact) mass is 303 g/mol. The van der Waals surface area contributed by atoms with Gasteiger partial charge in [0.2, 0.25) is 5.52 Å². The van der Waals surface area contributed by atoms with Crippen molar-refractivity contribution in [3.8, 4) is 0 Å². The Morgan fingerprint density at radius 3 is 2.82 bits per heavy atom. The first-order valence-electron chi connectivity index (χ1n) is 7.56. The topological polar surface area (TPSA) is 72.7 Å². The Bertz CT molecular complexity index is 683. The Balaban J connectivity index is 2.58. The summed E-state index contributed by atoms with van der Waals surface area (Å²) in [4.78, 5) is 15.4. The minimum Gasteiger partial charge on any atom is -0.462 e. The van der Waals surface area contributed by atoms with Crippen molar-refractivity contribution in [2.75, 3.05) is 25.1 Å². The summed E-state index contributed by atoms with van der Waals surface area (Å²) in [6.45, 7) is 6.88. The van der Waals surface area contributed by atoms with Crippen molar-refractivity contribution in [1.82, 2.24) is 0 Å². The van der Waals surface area contributed by atoms with Crippen LogP contribution in [0, 0.1) is 13.8 Å². The highest BCUT2D eigenvalue weighted by Gasteiger charge is 2.21. The van der Waals surface area contributed by atoms with Crippen molar-refractivity contribution in [3.05, 3.63) is 35.0 Å². The van der Waals surface area contributed by atoms with Crippen LogP contribution in [-0.4, -0.2) is 30.8 Å². The number of aliphatic hydroxyl groups excluding tert-OH is 1. The third-order valence-electron chi connectivity index (χ3n) is 3.51. The number of hydrogen-bond donors (Lipinski definition) is 2. The molecule has 0 atom stereocenters. The predicted molar refractivity (Wildman–Crippen MR) is 86.1 cm³/mol. The van der Waals surface area contributed by atoms with Crippen LogP contribution in [0.4, 0.5) is 5.69 Å². The summed E-state index contributed by atoms with van der Waals surface area (Å²) in [7, 11) is 0. The third kappa shape index (κ3) is 3.36. The number of aromatic nitrogens is 1. The van der Waals surface area contributed by atoms with Crippen molar-refractivity contribution < 1.29 is 19.6 Å². The number of aryl methyl sites for hydroxylation is 2. The van der Waals surface area contributed by atoms with E-state index in [4.69, 9.17) is 9.84 Å². The molecule has 22 heavy (non-hydrogen) atoms. The molecule has 0 bridgehead atoms. The maximum atomic E-state index is 12.2. The molecule has 0 amide bonds. The van der Waals surface area contributed by atoms with Gasteiger partial charge in [-0.25, -0.2) is 9.78 Å². The fraction of sp³-hybridized carbons (Fsp3) is 0.412. The Hall–Kier alpha value is -2.14. The molecule has 5 nitrogen and oxygen atoms in total. The molecule has 0 saturated carbocycles. The highest BCUT2D eigenvalue weighted by molar-refractivity contribution is 6.04. The maximum Gasteiger partial charge on any atom is 0.346 e. The maximum absolute atomic E-state index is 12.2. The summed E-state index contributed by atoms with van der Waals surface area (Å²) in [5, 5.41) is 13.2. The summed E-state index contributed by atoms with van der Waals surface area (Å²) in [5.74, 6) is -0.355. The van der Waals surface area contributed by atoms with E-state index < -0.39 is 0 Å². The van der Waals surface area contributed by atoms with Gasteiger partial charge >= 0.3 is 5.97 Å². The molecule has 0 aliphatic carbocycles. The van der Waals surface area contributed by atoms with Gasteiger partial charge in [0, 0.05) is 18.7 Å². The van der Waals surface area contributed by atoms with E-state index in [1.165, 1.54) is 0 Å². The van der Waals surface area contributed by atoms with E-state index in [-0.39, 0.29) is 12.6 Å². The second kappa shape index (κ2) is 7.22. The lowest BCUT2D eigenvalue weighted by molar-refractivity contribution is -0.345. The molecule has 5 heteroatoms. The summed E-state index contributed by atoms with van der Waals surface area (Å²) in [5.41, 5.74) is 4.48. The smallest absolute Gasteiger partial charge is 0.346 e. The van der Waals surface area contributed by atoms with Gasteiger partial charge < -0.3 is 15.2 Å². The number of pyridine rings is 1. The van der Waals surface area contributed by atoms with Crippen molar-refractivity contribution in [2.24, 2.45) is 0 Å². The molecule has 1 heterocycles. The van der Waals surface area contributed by atoms with Crippen LogP contribution in [-0.2, 0) is 4.74 Å². The number of fused-ring (bicyclic) bond motifs is 1. The van der Waals surface area contributed by atoms with Gasteiger partial charge in [0.25, 0.3) is 0 Å². The van der Waals surface area contributed by atoms with E-state index >= 15 is 0 Å². The quantitative estimate of drug-likeness (QED) is 0.634. The molecule has 118 valence electrons. The Morgan fingerprint density at radius 1 is 1.36 bits per heavy atom. The number of aliphatic hydroxyl groups is 1. The van der Waals surface area contributed by atoms with Crippen molar-refractivity contribution in [2.45, 2.75) is 27.2 Å². The van der Waals surface area contributed by atoms with Crippen LogP contribution >= 0.6 is 0 Å². The molecular formula is C17H23N2O3+. The van der Waals surface area contributed by atoms with Gasteiger partial charge in [0.1, 0.15) is 5.56 Å². The van der Waals surface area contributed by atoms with Crippen LogP contribution in [0.2, 0.25) is 0 Å². The average molecular weight is 303 g/mol. The molecule has 1 aromatic carbocycles. The number of benzene rings is 1. The lowest BCUT2D eigenvalue weighted by Crippen LogP contribution is -2.17. The minimum atomic E-state index is -0.355. The van der Waals surface area contributed by atoms with E-state index in [1.807, 2.05) is 19.9 Å². The molecule has 3 N–H and O–H groups in total. The van der Waals surface area contributed by atoms with Gasteiger partial charge in [-0.1, -0.05) is 0 Å². The van der Waals surface area contributed by atoms with E-state index in [2.05, 4.69) is 16.4 Å². The SMILES string of the molecule is CCOC(=O)c1c[nH+]c2c(C)cc(C)cc2c1NCCCO. The third-order valence-corrected chi connectivity index (χ3v) is 3.51. The molecule has 0 aliphatic heterocycles. The summed E-state index contributed by atoms with van der Waals surface area (Å²) >= 11 is 0. The molecule has 2 aromatic rings. The van der Waals surface area contributed by atoms with Gasteiger partial charge in [-0.2, -0.15) is 0 Å². The van der Waals surface area contributed by atoms with Crippen LogP contribution < -0.4 is 10.3 Å². The van der Waals surface area contributed by atoms with Gasteiger partial charge in [-0.15, -0.1) is 0 Å². The molecular weight excluding hydrogens is 280 g/mol. The second-order valence-corrected chi connectivity index (χ2v) is 5.31. The lowest BCUT2D eigenvalue weighted by Gasteiger charge is -2.12. The Kier molecular flexibility index (Phi) is 5.33. The molecule has 0 spiro atoms. The van der Waals surface area contributed by atoms with E-state index in [9.17, 15) is 4.79 Å². The number of ether oxygens (including phenoxy) is 1. The zero-order valence-corrected chi connectivity index (χ0v) is 13.3. The molecule has 0 unspecified atom stereocenters. The number of anilines is 1. The Morgan fingerprint density at radius 2 is 2.14 bits per heavy atom. The first-order valence-corrected chi connectivity index (χ1v) is 7.56. The largest absolute Gasteiger partial charge is 0.462 e. The summed E-state index contributed by atoms with van der Waals surface area (Å²) in [6.07, 6.45) is 2.30.